The third kappa shape index (κ3) is 1.55. The standard InChI is InChI=1S/C8H12BrNO2/c1-7(12,6-11)8(9)4-2-3-5-10-8/h2-5,10-12H,6H2,1H3. The van der Waals surface area contributed by atoms with Crippen molar-refractivity contribution in [1.29, 1.82) is 0 Å². The van der Waals surface area contributed by atoms with Crippen LogP contribution < -0.4 is 5.32 Å². The first-order valence-corrected chi connectivity index (χ1v) is 4.45. The molecule has 12 heavy (non-hydrogen) atoms. The van der Waals surface area contributed by atoms with Gasteiger partial charge in [0, 0.05) is 0 Å². The second kappa shape index (κ2) is 3.20. The Hall–Kier alpha value is -0.320. The molecule has 0 amide bonds. The van der Waals surface area contributed by atoms with Gasteiger partial charge in [0.15, 0.2) is 0 Å². The number of halogens is 1. The summed E-state index contributed by atoms with van der Waals surface area (Å²) in [6.45, 7) is 1.24. The lowest BCUT2D eigenvalue weighted by Crippen LogP contribution is -2.57. The largest absolute Gasteiger partial charge is 0.393 e. The fourth-order valence-electron chi connectivity index (χ4n) is 0.911. The van der Waals surface area contributed by atoms with E-state index in [9.17, 15) is 5.11 Å². The van der Waals surface area contributed by atoms with E-state index >= 15 is 0 Å². The Morgan fingerprint density at radius 3 is 2.67 bits per heavy atom. The monoisotopic (exact) mass is 233 g/mol. The van der Waals surface area contributed by atoms with Gasteiger partial charge < -0.3 is 15.5 Å². The van der Waals surface area contributed by atoms with Crippen molar-refractivity contribution < 1.29 is 10.2 Å². The van der Waals surface area contributed by atoms with Crippen LogP contribution in [0.15, 0.2) is 24.4 Å². The van der Waals surface area contributed by atoms with Crippen molar-refractivity contribution in [2.75, 3.05) is 6.61 Å². The van der Waals surface area contributed by atoms with Gasteiger partial charge in [-0.25, -0.2) is 0 Å². The van der Waals surface area contributed by atoms with E-state index in [-0.39, 0.29) is 6.61 Å². The van der Waals surface area contributed by atoms with Crippen LogP contribution in [0.5, 0.6) is 0 Å². The molecule has 0 saturated carbocycles. The number of rotatable bonds is 2. The SMILES string of the molecule is CC(O)(CO)C1(Br)C=CC=CN1. The van der Waals surface area contributed by atoms with Crippen molar-refractivity contribution in [2.45, 2.75) is 17.0 Å². The number of dihydropyridines is 1. The minimum Gasteiger partial charge on any atom is -0.393 e. The molecule has 0 fully saturated rings. The van der Waals surface area contributed by atoms with Gasteiger partial charge in [-0.1, -0.05) is 22.0 Å². The smallest absolute Gasteiger partial charge is 0.142 e. The van der Waals surface area contributed by atoms with Crippen molar-refractivity contribution >= 4 is 15.9 Å². The fraction of sp³-hybridized carbons (Fsp3) is 0.500. The lowest BCUT2D eigenvalue weighted by molar-refractivity contribution is -0.0222. The van der Waals surface area contributed by atoms with Gasteiger partial charge in [-0.15, -0.1) is 0 Å². The average Bonchev–Trinajstić information content (AvgIpc) is 2.06. The van der Waals surface area contributed by atoms with Gasteiger partial charge in [-0.05, 0) is 25.3 Å². The molecule has 2 atom stereocenters. The Kier molecular flexibility index (Phi) is 2.61. The molecule has 1 rings (SSSR count). The molecule has 0 aliphatic carbocycles. The van der Waals surface area contributed by atoms with Crippen LogP contribution in [0.25, 0.3) is 0 Å². The van der Waals surface area contributed by atoms with Crippen molar-refractivity contribution in [2.24, 2.45) is 0 Å². The molecule has 1 heterocycles. The summed E-state index contributed by atoms with van der Waals surface area (Å²) in [6, 6.07) is 0. The van der Waals surface area contributed by atoms with E-state index in [2.05, 4.69) is 21.2 Å². The highest BCUT2D eigenvalue weighted by Gasteiger charge is 2.42. The maximum absolute atomic E-state index is 9.76. The molecule has 3 N–H and O–H groups in total. The zero-order valence-electron chi connectivity index (χ0n) is 6.79. The van der Waals surface area contributed by atoms with Crippen molar-refractivity contribution in [3.05, 3.63) is 24.4 Å². The van der Waals surface area contributed by atoms with Crippen LogP contribution in [-0.4, -0.2) is 26.9 Å². The summed E-state index contributed by atoms with van der Waals surface area (Å²) in [4.78, 5) is 0. The summed E-state index contributed by atoms with van der Waals surface area (Å²) in [5, 5.41) is 21.6. The van der Waals surface area contributed by atoms with E-state index in [0.717, 1.165) is 0 Å². The summed E-state index contributed by atoms with van der Waals surface area (Å²) in [5.74, 6) is 0. The molecule has 3 nitrogen and oxygen atoms in total. The normalized spacial score (nSPS) is 32.7. The number of allylic oxidation sites excluding steroid dienone is 2. The van der Waals surface area contributed by atoms with E-state index in [4.69, 9.17) is 5.11 Å². The van der Waals surface area contributed by atoms with Crippen LogP contribution in [0.3, 0.4) is 0 Å². The van der Waals surface area contributed by atoms with Crippen molar-refractivity contribution in [3.8, 4) is 0 Å². The molecule has 0 aromatic heterocycles. The zero-order chi connectivity index (χ0) is 9.24. The number of aliphatic hydroxyl groups excluding tert-OH is 1. The Morgan fingerprint density at radius 1 is 1.58 bits per heavy atom. The topological polar surface area (TPSA) is 52.5 Å². The predicted molar refractivity (Wildman–Crippen MR) is 50.8 cm³/mol. The van der Waals surface area contributed by atoms with Gasteiger partial charge in [0.1, 0.15) is 10.0 Å². The summed E-state index contributed by atoms with van der Waals surface area (Å²) in [5.41, 5.74) is -1.23. The van der Waals surface area contributed by atoms with Crippen LogP contribution in [0.4, 0.5) is 0 Å². The lowest BCUT2D eigenvalue weighted by atomic mass is 9.96. The number of hydrogen-bond acceptors (Lipinski definition) is 3. The molecule has 0 saturated heterocycles. The first-order valence-electron chi connectivity index (χ1n) is 3.66. The van der Waals surface area contributed by atoms with Crippen LogP contribution in [-0.2, 0) is 0 Å². The Morgan fingerprint density at radius 2 is 2.25 bits per heavy atom. The number of aliphatic hydroxyl groups is 2. The first kappa shape index (κ1) is 9.77. The van der Waals surface area contributed by atoms with E-state index in [1.807, 2.05) is 6.08 Å². The lowest BCUT2D eigenvalue weighted by Gasteiger charge is -2.38. The van der Waals surface area contributed by atoms with Crippen molar-refractivity contribution in [3.63, 3.8) is 0 Å². The molecule has 1 aliphatic heterocycles. The highest BCUT2D eigenvalue weighted by Crippen LogP contribution is 2.31. The van der Waals surface area contributed by atoms with E-state index in [0.29, 0.717) is 0 Å². The van der Waals surface area contributed by atoms with Crippen LogP contribution >= 0.6 is 15.9 Å². The van der Waals surface area contributed by atoms with Gasteiger partial charge in [-0.2, -0.15) is 0 Å². The molecule has 2 unspecified atom stereocenters. The molecule has 0 spiro atoms. The minimum absolute atomic E-state index is 0.316. The number of hydrogen-bond donors (Lipinski definition) is 3. The summed E-state index contributed by atoms with van der Waals surface area (Å²) in [7, 11) is 0. The third-order valence-corrected chi connectivity index (χ3v) is 3.27. The van der Waals surface area contributed by atoms with Gasteiger partial charge in [0.25, 0.3) is 0 Å². The Bertz CT molecular complexity index is 225. The molecule has 0 radical (unpaired) electrons. The molecule has 0 bridgehead atoms. The van der Waals surface area contributed by atoms with Gasteiger partial charge in [0.2, 0.25) is 0 Å². The molecule has 1 aliphatic rings. The third-order valence-electron chi connectivity index (χ3n) is 1.92. The molecule has 68 valence electrons. The Balaban J connectivity index is 2.85. The summed E-state index contributed by atoms with van der Waals surface area (Å²) >= 11 is 3.32. The van der Waals surface area contributed by atoms with Crippen LogP contribution in [0.2, 0.25) is 0 Å². The summed E-state index contributed by atoms with van der Waals surface area (Å²) < 4.78 is -0.774. The fourth-order valence-corrected chi connectivity index (χ4v) is 1.32. The van der Waals surface area contributed by atoms with Crippen molar-refractivity contribution in [1.82, 2.24) is 5.32 Å². The van der Waals surface area contributed by atoms with Crippen LogP contribution in [0, 0.1) is 0 Å². The Labute approximate surface area is 79.9 Å². The van der Waals surface area contributed by atoms with Crippen LogP contribution in [0.1, 0.15) is 6.92 Å². The highest BCUT2D eigenvalue weighted by atomic mass is 79.9. The molecule has 0 aromatic carbocycles. The van der Waals surface area contributed by atoms with E-state index < -0.39 is 10.0 Å². The van der Waals surface area contributed by atoms with Gasteiger partial charge in [-0.3, -0.25) is 0 Å². The highest BCUT2D eigenvalue weighted by molar-refractivity contribution is 9.10. The molecule has 0 aromatic rings. The molecular weight excluding hydrogens is 222 g/mol. The maximum Gasteiger partial charge on any atom is 0.142 e. The van der Waals surface area contributed by atoms with Gasteiger partial charge in [0.05, 0.1) is 6.61 Å². The molecule has 4 heteroatoms. The first-order chi connectivity index (χ1) is 5.52. The zero-order valence-corrected chi connectivity index (χ0v) is 8.37. The minimum atomic E-state index is -1.23. The predicted octanol–water partition coefficient (Wildman–Crippen LogP) is 0.494. The van der Waals surface area contributed by atoms with E-state index in [1.165, 1.54) is 0 Å². The average molecular weight is 234 g/mol. The molecular formula is C8H12BrNO2. The van der Waals surface area contributed by atoms with Gasteiger partial charge >= 0.3 is 0 Å². The van der Waals surface area contributed by atoms with E-state index in [1.54, 1.807) is 25.3 Å². The second-order valence-corrected chi connectivity index (χ2v) is 4.26. The maximum atomic E-state index is 9.76. The summed E-state index contributed by atoms with van der Waals surface area (Å²) in [6.07, 6.45) is 7.07. The second-order valence-electron chi connectivity index (χ2n) is 3.01. The number of alkyl halides is 1. The number of nitrogens with one attached hydrogen (secondary N) is 1. The quantitative estimate of drug-likeness (QED) is 0.481.